The highest BCUT2D eigenvalue weighted by Crippen LogP contribution is 2.29. The first-order valence-corrected chi connectivity index (χ1v) is 10.6. The van der Waals surface area contributed by atoms with E-state index in [0.29, 0.717) is 25.9 Å². The molecule has 0 radical (unpaired) electrons. The van der Waals surface area contributed by atoms with Gasteiger partial charge >= 0.3 is 12.5 Å². The fourth-order valence-corrected chi connectivity index (χ4v) is 3.01. The van der Waals surface area contributed by atoms with Crippen molar-refractivity contribution in [1.82, 2.24) is 10.6 Å². The van der Waals surface area contributed by atoms with Crippen molar-refractivity contribution in [2.24, 2.45) is 0 Å². The molecular formula is C23H24F6N2O3. The molecule has 0 aromatic heterocycles. The number of unbranched alkanes of at least 4 members (excludes halogenated alkanes) is 4. The first kappa shape index (κ1) is 27.0. The number of benzene rings is 2. The van der Waals surface area contributed by atoms with Crippen molar-refractivity contribution in [3.05, 3.63) is 65.2 Å². The van der Waals surface area contributed by atoms with Crippen LogP contribution in [0.15, 0.2) is 48.5 Å². The number of ether oxygens (including phenoxy) is 1. The van der Waals surface area contributed by atoms with E-state index >= 15 is 0 Å². The quantitative estimate of drug-likeness (QED) is 0.313. The molecule has 0 aliphatic heterocycles. The zero-order valence-corrected chi connectivity index (χ0v) is 18.1. The van der Waals surface area contributed by atoms with Crippen LogP contribution in [0.2, 0.25) is 0 Å². The Labute approximate surface area is 192 Å². The maximum atomic E-state index is 12.5. The van der Waals surface area contributed by atoms with Crippen molar-refractivity contribution in [3.8, 4) is 5.75 Å². The normalized spacial score (nSPS) is 11.7. The Bertz CT molecular complexity index is 926. The van der Waals surface area contributed by atoms with Gasteiger partial charge in [0.1, 0.15) is 5.75 Å². The highest BCUT2D eigenvalue weighted by molar-refractivity contribution is 5.94. The van der Waals surface area contributed by atoms with Crippen molar-refractivity contribution < 1.29 is 40.7 Å². The van der Waals surface area contributed by atoms with E-state index in [0.717, 1.165) is 55.7 Å². The van der Waals surface area contributed by atoms with Crippen LogP contribution in [-0.2, 0) is 6.18 Å². The molecule has 2 aromatic rings. The van der Waals surface area contributed by atoms with Crippen molar-refractivity contribution in [3.63, 3.8) is 0 Å². The van der Waals surface area contributed by atoms with Gasteiger partial charge in [0.2, 0.25) is 0 Å². The number of alkyl halides is 6. The van der Waals surface area contributed by atoms with E-state index in [9.17, 15) is 35.9 Å². The zero-order chi connectivity index (χ0) is 25.2. The summed E-state index contributed by atoms with van der Waals surface area (Å²) >= 11 is 0. The average molecular weight is 490 g/mol. The van der Waals surface area contributed by atoms with E-state index in [1.165, 1.54) is 12.1 Å². The Kier molecular flexibility index (Phi) is 9.76. The smallest absolute Gasteiger partial charge is 0.406 e. The molecule has 5 nitrogen and oxygen atoms in total. The topological polar surface area (TPSA) is 67.4 Å². The first-order chi connectivity index (χ1) is 16.0. The van der Waals surface area contributed by atoms with Gasteiger partial charge in [0, 0.05) is 24.2 Å². The minimum atomic E-state index is -4.79. The van der Waals surface area contributed by atoms with E-state index < -0.39 is 35.7 Å². The molecule has 34 heavy (non-hydrogen) atoms. The third kappa shape index (κ3) is 9.72. The van der Waals surface area contributed by atoms with Crippen LogP contribution in [-0.4, -0.2) is 31.3 Å². The van der Waals surface area contributed by atoms with E-state index in [4.69, 9.17) is 0 Å². The Balaban J connectivity index is 1.54. The van der Waals surface area contributed by atoms with Gasteiger partial charge in [0.15, 0.2) is 0 Å². The fourth-order valence-electron chi connectivity index (χ4n) is 3.01. The summed E-state index contributed by atoms with van der Waals surface area (Å²) in [5, 5.41) is 5.35. The Hall–Kier alpha value is -3.24. The molecule has 0 saturated heterocycles. The summed E-state index contributed by atoms with van der Waals surface area (Å²) in [6.45, 7) is 0.801. The lowest BCUT2D eigenvalue weighted by Gasteiger charge is -2.09. The van der Waals surface area contributed by atoms with Crippen molar-refractivity contribution in [1.29, 1.82) is 0 Å². The van der Waals surface area contributed by atoms with Crippen LogP contribution >= 0.6 is 0 Å². The molecule has 11 heteroatoms. The average Bonchev–Trinajstić information content (AvgIpc) is 2.76. The molecule has 0 aliphatic rings. The van der Waals surface area contributed by atoms with Crippen LogP contribution in [0.5, 0.6) is 5.75 Å². The van der Waals surface area contributed by atoms with Gasteiger partial charge in [-0.25, -0.2) is 0 Å². The second-order valence-electron chi connectivity index (χ2n) is 7.43. The number of rotatable bonds is 11. The molecule has 2 N–H and O–H groups in total. The highest BCUT2D eigenvalue weighted by atomic mass is 19.4. The molecule has 2 amide bonds. The number of nitrogens with one attached hydrogen (secondary N) is 2. The van der Waals surface area contributed by atoms with Crippen LogP contribution in [0.3, 0.4) is 0 Å². The van der Waals surface area contributed by atoms with Gasteiger partial charge in [-0.1, -0.05) is 19.3 Å². The van der Waals surface area contributed by atoms with Gasteiger partial charge in [-0.3, -0.25) is 9.59 Å². The minimum absolute atomic E-state index is 0.159. The molecule has 2 aromatic carbocycles. The molecule has 0 bridgehead atoms. The molecular weight excluding hydrogens is 466 g/mol. The van der Waals surface area contributed by atoms with Crippen LogP contribution in [0.4, 0.5) is 26.3 Å². The summed E-state index contributed by atoms with van der Waals surface area (Å²) in [6, 6.07) is 8.63. The minimum Gasteiger partial charge on any atom is -0.406 e. The predicted octanol–water partition coefficient (Wildman–Crippen LogP) is 5.71. The Morgan fingerprint density at radius 2 is 1.06 bits per heavy atom. The van der Waals surface area contributed by atoms with Crippen molar-refractivity contribution in [2.45, 2.75) is 44.6 Å². The lowest BCUT2D eigenvalue weighted by atomic mass is 10.1. The van der Waals surface area contributed by atoms with Crippen molar-refractivity contribution >= 4 is 11.8 Å². The summed E-state index contributed by atoms with van der Waals surface area (Å²) < 4.78 is 77.8. The molecule has 0 fully saturated rings. The van der Waals surface area contributed by atoms with Gasteiger partial charge in [-0.2, -0.15) is 13.2 Å². The molecule has 0 aliphatic carbocycles. The number of amides is 2. The molecule has 0 heterocycles. The maximum Gasteiger partial charge on any atom is 0.573 e. The number of hydrogen-bond acceptors (Lipinski definition) is 3. The molecule has 0 unspecified atom stereocenters. The van der Waals surface area contributed by atoms with Gasteiger partial charge < -0.3 is 15.4 Å². The standard InChI is InChI=1S/C23H24F6N2O3/c24-22(25,26)18-10-6-16(7-11-18)20(32)30-14-4-2-1-3-5-15-31-21(33)17-8-12-19(13-9-17)34-23(27,28)29/h6-13H,1-5,14-15H2,(H,30,32)(H,31,33). The van der Waals surface area contributed by atoms with Crippen molar-refractivity contribution in [2.75, 3.05) is 13.1 Å². The fraction of sp³-hybridized carbons (Fsp3) is 0.391. The third-order valence-corrected chi connectivity index (χ3v) is 4.75. The van der Waals surface area contributed by atoms with E-state index in [1.54, 1.807) is 0 Å². The van der Waals surface area contributed by atoms with Crippen LogP contribution < -0.4 is 15.4 Å². The second-order valence-corrected chi connectivity index (χ2v) is 7.43. The Morgan fingerprint density at radius 1 is 0.647 bits per heavy atom. The van der Waals surface area contributed by atoms with Gasteiger partial charge in [0.05, 0.1) is 5.56 Å². The molecule has 2 rings (SSSR count). The van der Waals surface area contributed by atoms with Gasteiger partial charge in [0.25, 0.3) is 11.8 Å². The lowest BCUT2D eigenvalue weighted by molar-refractivity contribution is -0.274. The molecule has 0 saturated carbocycles. The van der Waals surface area contributed by atoms with Gasteiger partial charge in [-0.05, 0) is 61.4 Å². The summed E-state index contributed by atoms with van der Waals surface area (Å²) in [5.74, 6) is -1.24. The zero-order valence-electron chi connectivity index (χ0n) is 18.1. The van der Waals surface area contributed by atoms with Crippen LogP contribution in [0, 0.1) is 0 Å². The van der Waals surface area contributed by atoms with E-state index in [-0.39, 0.29) is 11.1 Å². The highest BCUT2D eigenvalue weighted by Gasteiger charge is 2.31. The predicted molar refractivity (Wildman–Crippen MR) is 112 cm³/mol. The number of halogens is 6. The molecule has 0 atom stereocenters. The lowest BCUT2D eigenvalue weighted by Crippen LogP contribution is -2.25. The maximum absolute atomic E-state index is 12.5. The largest absolute Gasteiger partial charge is 0.573 e. The van der Waals surface area contributed by atoms with E-state index in [1.807, 2.05) is 0 Å². The van der Waals surface area contributed by atoms with Crippen LogP contribution in [0.1, 0.15) is 58.4 Å². The molecule has 0 spiro atoms. The summed E-state index contributed by atoms with van der Waals surface area (Å²) in [6.07, 6.45) is -5.33. The van der Waals surface area contributed by atoms with E-state index in [2.05, 4.69) is 15.4 Å². The first-order valence-electron chi connectivity index (χ1n) is 10.6. The SMILES string of the molecule is O=C(NCCCCCCCNC(=O)c1ccc(C(F)(F)F)cc1)c1ccc(OC(F)(F)F)cc1. The summed E-state index contributed by atoms with van der Waals surface area (Å²) in [7, 11) is 0. The molecule has 186 valence electrons. The summed E-state index contributed by atoms with van der Waals surface area (Å²) in [5.41, 5.74) is -0.432. The number of carbonyl (C=O) groups is 2. The third-order valence-electron chi connectivity index (χ3n) is 4.75. The van der Waals surface area contributed by atoms with Gasteiger partial charge in [-0.15, -0.1) is 13.2 Å². The Morgan fingerprint density at radius 3 is 1.47 bits per heavy atom. The number of carbonyl (C=O) groups excluding carboxylic acids is 2. The monoisotopic (exact) mass is 490 g/mol. The second kappa shape index (κ2) is 12.3. The van der Waals surface area contributed by atoms with Crippen LogP contribution in [0.25, 0.3) is 0 Å². The summed E-state index contributed by atoms with van der Waals surface area (Å²) in [4.78, 5) is 23.9. The number of hydrogen-bond donors (Lipinski definition) is 2.